The number of hydrogen-bond acceptors (Lipinski definition) is 4. The second-order valence-corrected chi connectivity index (χ2v) is 11.7. The summed E-state index contributed by atoms with van der Waals surface area (Å²) < 4.78 is 18.3. The van der Waals surface area contributed by atoms with Crippen LogP contribution in [0, 0.1) is 5.92 Å². The van der Waals surface area contributed by atoms with Crippen molar-refractivity contribution < 1.29 is 14.2 Å². The van der Waals surface area contributed by atoms with E-state index in [2.05, 4.69) is 98.6 Å². The number of hydrogen-bond donors (Lipinski definition) is 0. The molecule has 4 aromatic carbocycles. The zero-order chi connectivity index (χ0) is 30.7. The van der Waals surface area contributed by atoms with Gasteiger partial charge in [0.15, 0.2) is 11.5 Å². The molecule has 0 radical (unpaired) electrons. The standard InChI is InChI=1S/C39H44N2O3/c1-29(2)36(28-42-4)40-39(33-18-12-7-13-19-33)41-25-35(21-20-30(41)3)34-22-23-37(43-26-31-14-8-5-9-15-31)38(24-34)44-27-32-16-10-6-11-17-32/h5-19,22-25,29-30,36H,20-21,26-28H2,1-4H3/t30-,36+/m1/s1. The average Bonchev–Trinajstić information content (AvgIpc) is 3.06. The summed E-state index contributed by atoms with van der Waals surface area (Å²) in [5, 5.41) is 0. The van der Waals surface area contributed by atoms with Crippen LogP contribution in [0.25, 0.3) is 5.57 Å². The van der Waals surface area contributed by atoms with Crippen molar-refractivity contribution in [3.8, 4) is 11.5 Å². The lowest BCUT2D eigenvalue weighted by Gasteiger charge is -2.35. The van der Waals surface area contributed by atoms with Gasteiger partial charge in [-0.25, -0.2) is 0 Å². The fraction of sp³-hybridized carbons (Fsp3) is 0.308. The van der Waals surface area contributed by atoms with E-state index in [4.69, 9.17) is 19.2 Å². The lowest BCUT2D eigenvalue weighted by atomic mass is 9.94. The average molecular weight is 589 g/mol. The molecule has 228 valence electrons. The third-order valence-corrected chi connectivity index (χ3v) is 8.06. The number of benzene rings is 4. The molecule has 2 atom stereocenters. The van der Waals surface area contributed by atoms with Crippen molar-refractivity contribution in [2.45, 2.75) is 58.9 Å². The van der Waals surface area contributed by atoms with Crippen LogP contribution >= 0.6 is 0 Å². The Kier molecular flexibility index (Phi) is 10.9. The Balaban J connectivity index is 1.49. The number of methoxy groups -OCH3 is 1. The third-order valence-electron chi connectivity index (χ3n) is 8.06. The van der Waals surface area contributed by atoms with Crippen LogP contribution in [-0.4, -0.2) is 36.5 Å². The Morgan fingerprint density at radius 3 is 1.98 bits per heavy atom. The van der Waals surface area contributed by atoms with Crippen molar-refractivity contribution in [1.29, 1.82) is 0 Å². The highest BCUT2D eigenvalue weighted by Crippen LogP contribution is 2.36. The molecule has 0 aromatic heterocycles. The number of ether oxygens (including phenoxy) is 3. The second kappa shape index (κ2) is 15.4. The fourth-order valence-electron chi connectivity index (χ4n) is 5.35. The monoisotopic (exact) mass is 588 g/mol. The molecule has 44 heavy (non-hydrogen) atoms. The van der Waals surface area contributed by atoms with E-state index in [0.717, 1.165) is 52.4 Å². The predicted octanol–water partition coefficient (Wildman–Crippen LogP) is 8.79. The van der Waals surface area contributed by atoms with E-state index in [1.165, 1.54) is 5.57 Å². The predicted molar refractivity (Wildman–Crippen MR) is 180 cm³/mol. The van der Waals surface area contributed by atoms with Crippen LogP contribution < -0.4 is 9.47 Å². The minimum atomic E-state index is 0.0558. The zero-order valence-corrected chi connectivity index (χ0v) is 26.4. The van der Waals surface area contributed by atoms with Crippen molar-refractivity contribution in [3.63, 3.8) is 0 Å². The molecule has 0 amide bonds. The maximum Gasteiger partial charge on any atom is 0.162 e. The molecule has 1 heterocycles. The normalized spacial score (nSPS) is 16.0. The molecule has 1 aliphatic rings. The molecule has 5 heteroatoms. The lowest BCUT2D eigenvalue weighted by Crippen LogP contribution is -2.39. The summed E-state index contributed by atoms with van der Waals surface area (Å²) >= 11 is 0. The summed E-state index contributed by atoms with van der Waals surface area (Å²) in [6, 6.07) is 37.6. The molecular weight excluding hydrogens is 544 g/mol. The summed E-state index contributed by atoms with van der Waals surface area (Å²) in [5.41, 5.74) is 5.71. The van der Waals surface area contributed by atoms with Gasteiger partial charge in [-0.15, -0.1) is 0 Å². The molecule has 1 aliphatic heterocycles. The van der Waals surface area contributed by atoms with Crippen molar-refractivity contribution in [2.75, 3.05) is 13.7 Å². The van der Waals surface area contributed by atoms with Gasteiger partial charge in [-0.1, -0.05) is 111 Å². The van der Waals surface area contributed by atoms with Gasteiger partial charge >= 0.3 is 0 Å². The number of amidine groups is 1. The fourth-order valence-corrected chi connectivity index (χ4v) is 5.35. The summed E-state index contributed by atoms with van der Waals surface area (Å²) in [5.74, 6) is 2.81. The number of rotatable bonds is 12. The Bertz CT molecular complexity index is 1520. The van der Waals surface area contributed by atoms with Gasteiger partial charge in [0.25, 0.3) is 0 Å². The number of aliphatic imine (C=N–C) groups is 1. The number of nitrogens with zero attached hydrogens (tertiary/aromatic N) is 2. The SMILES string of the molecule is COC[C@H](N=C(c1ccccc1)N1C=C(c2ccc(OCc3ccccc3)c(OCc3ccccc3)c2)CC[C@H]1C)C(C)C. The first-order valence-electron chi connectivity index (χ1n) is 15.6. The smallest absolute Gasteiger partial charge is 0.162 e. The molecule has 0 unspecified atom stereocenters. The highest BCUT2D eigenvalue weighted by molar-refractivity contribution is 6.00. The van der Waals surface area contributed by atoms with Crippen LogP contribution in [-0.2, 0) is 18.0 Å². The summed E-state index contributed by atoms with van der Waals surface area (Å²) in [6.45, 7) is 8.21. The van der Waals surface area contributed by atoms with Crippen molar-refractivity contribution >= 4 is 11.4 Å². The Labute approximate surface area is 262 Å². The van der Waals surface area contributed by atoms with Crippen LogP contribution in [0.4, 0.5) is 0 Å². The topological polar surface area (TPSA) is 43.3 Å². The van der Waals surface area contributed by atoms with Crippen molar-refractivity contribution in [1.82, 2.24) is 4.90 Å². The molecule has 4 aromatic rings. The minimum absolute atomic E-state index is 0.0558. The van der Waals surface area contributed by atoms with Gasteiger partial charge in [-0.05, 0) is 60.1 Å². The van der Waals surface area contributed by atoms with E-state index in [0.29, 0.717) is 31.8 Å². The Morgan fingerprint density at radius 1 is 0.795 bits per heavy atom. The first kappa shape index (κ1) is 31.1. The first-order valence-corrected chi connectivity index (χ1v) is 15.6. The van der Waals surface area contributed by atoms with E-state index in [1.807, 2.05) is 42.5 Å². The van der Waals surface area contributed by atoms with Gasteiger partial charge in [0, 0.05) is 24.9 Å². The highest BCUT2D eigenvalue weighted by atomic mass is 16.5. The molecule has 0 saturated heterocycles. The molecule has 0 aliphatic carbocycles. The molecule has 5 nitrogen and oxygen atoms in total. The molecule has 0 spiro atoms. The maximum absolute atomic E-state index is 6.41. The van der Waals surface area contributed by atoms with Crippen LogP contribution in [0.1, 0.15) is 55.9 Å². The first-order chi connectivity index (χ1) is 21.5. The molecule has 0 saturated carbocycles. The van der Waals surface area contributed by atoms with Gasteiger partial charge in [0.05, 0.1) is 12.6 Å². The minimum Gasteiger partial charge on any atom is -0.485 e. The van der Waals surface area contributed by atoms with E-state index in [-0.39, 0.29) is 6.04 Å². The highest BCUT2D eigenvalue weighted by Gasteiger charge is 2.26. The van der Waals surface area contributed by atoms with E-state index in [1.54, 1.807) is 7.11 Å². The largest absolute Gasteiger partial charge is 0.485 e. The van der Waals surface area contributed by atoms with Gasteiger partial charge in [-0.2, -0.15) is 0 Å². The Hall–Kier alpha value is -4.35. The van der Waals surface area contributed by atoms with Gasteiger partial charge in [0.2, 0.25) is 0 Å². The molecule has 0 bridgehead atoms. The summed E-state index contributed by atoms with van der Waals surface area (Å²) in [7, 11) is 1.75. The lowest BCUT2D eigenvalue weighted by molar-refractivity contribution is 0.164. The molecular formula is C39H44N2O3. The van der Waals surface area contributed by atoms with Crippen LogP contribution in [0.2, 0.25) is 0 Å². The Morgan fingerprint density at radius 2 is 1.39 bits per heavy atom. The van der Waals surface area contributed by atoms with Crippen LogP contribution in [0.15, 0.2) is 120 Å². The molecule has 0 fully saturated rings. The van der Waals surface area contributed by atoms with Crippen molar-refractivity contribution in [3.05, 3.63) is 138 Å². The van der Waals surface area contributed by atoms with Gasteiger partial charge < -0.3 is 19.1 Å². The quantitative estimate of drug-likeness (QED) is 0.123. The summed E-state index contributed by atoms with van der Waals surface area (Å²) in [6.07, 6.45) is 4.26. The third kappa shape index (κ3) is 8.18. The van der Waals surface area contributed by atoms with Crippen LogP contribution in [0.3, 0.4) is 0 Å². The molecule has 5 rings (SSSR count). The summed E-state index contributed by atoms with van der Waals surface area (Å²) in [4.78, 5) is 7.66. The van der Waals surface area contributed by atoms with E-state index in [9.17, 15) is 0 Å². The maximum atomic E-state index is 6.41. The van der Waals surface area contributed by atoms with Gasteiger partial charge in [-0.3, -0.25) is 4.99 Å². The second-order valence-electron chi connectivity index (χ2n) is 11.7. The van der Waals surface area contributed by atoms with Gasteiger partial charge in [0.1, 0.15) is 19.0 Å². The van der Waals surface area contributed by atoms with Crippen LogP contribution in [0.5, 0.6) is 11.5 Å². The van der Waals surface area contributed by atoms with Crippen molar-refractivity contribution in [2.24, 2.45) is 10.9 Å². The molecule has 0 N–H and O–H groups in total. The van der Waals surface area contributed by atoms with E-state index < -0.39 is 0 Å². The number of allylic oxidation sites excluding steroid dienone is 1. The van der Waals surface area contributed by atoms with E-state index >= 15 is 0 Å². The zero-order valence-electron chi connectivity index (χ0n) is 26.4.